The smallest absolute Gasteiger partial charge is 0.337 e. The summed E-state index contributed by atoms with van der Waals surface area (Å²) < 4.78 is 18.1. The molecule has 4 nitrogen and oxygen atoms in total. The zero-order valence-corrected chi connectivity index (χ0v) is 12.8. The molecule has 1 N–H and O–H groups in total. The van der Waals surface area contributed by atoms with E-state index in [1.807, 2.05) is 0 Å². The van der Waals surface area contributed by atoms with E-state index in [9.17, 15) is 14.0 Å². The summed E-state index contributed by atoms with van der Waals surface area (Å²) in [6, 6.07) is 11.0. The van der Waals surface area contributed by atoms with Crippen molar-refractivity contribution in [1.82, 2.24) is 0 Å². The quantitative estimate of drug-likeness (QED) is 0.693. The monoisotopic (exact) mass is 313 g/mol. The minimum absolute atomic E-state index is 0.322. The molecule has 5 heteroatoms. The van der Waals surface area contributed by atoms with E-state index in [4.69, 9.17) is 0 Å². The Morgan fingerprint density at radius 3 is 2.61 bits per heavy atom. The van der Waals surface area contributed by atoms with E-state index in [0.29, 0.717) is 16.8 Å². The van der Waals surface area contributed by atoms with E-state index < -0.39 is 17.7 Å². The maximum Gasteiger partial charge on any atom is 0.337 e. The molecule has 0 aliphatic heterocycles. The number of amides is 1. The molecular weight excluding hydrogens is 297 g/mol. The Kier molecular flexibility index (Phi) is 5.25. The number of carbonyl (C=O) groups is 2. The van der Waals surface area contributed by atoms with Gasteiger partial charge in [0.1, 0.15) is 5.82 Å². The molecule has 2 rings (SSSR count). The summed E-state index contributed by atoms with van der Waals surface area (Å²) in [5.41, 5.74) is 1.95. The summed E-state index contributed by atoms with van der Waals surface area (Å²) >= 11 is 0. The van der Waals surface area contributed by atoms with E-state index in [1.165, 1.54) is 31.4 Å². The first-order chi connectivity index (χ1) is 11.0. The first-order valence-corrected chi connectivity index (χ1v) is 6.94. The fraction of sp³-hybridized carbons (Fsp3) is 0.111. The molecule has 0 aromatic heterocycles. The van der Waals surface area contributed by atoms with Gasteiger partial charge in [-0.2, -0.15) is 0 Å². The molecule has 0 saturated carbocycles. The second-order valence-corrected chi connectivity index (χ2v) is 4.87. The molecule has 1 amide bonds. The zero-order chi connectivity index (χ0) is 16.8. The van der Waals surface area contributed by atoms with Gasteiger partial charge in [0.05, 0.1) is 12.7 Å². The van der Waals surface area contributed by atoms with Crippen LogP contribution >= 0.6 is 0 Å². The molecule has 0 fully saturated rings. The molecule has 23 heavy (non-hydrogen) atoms. The summed E-state index contributed by atoms with van der Waals surface area (Å²) in [7, 11) is 1.29. The van der Waals surface area contributed by atoms with Crippen LogP contribution in [0.25, 0.3) is 6.08 Å². The van der Waals surface area contributed by atoms with Gasteiger partial charge in [0, 0.05) is 17.3 Å². The molecule has 2 aromatic carbocycles. The van der Waals surface area contributed by atoms with E-state index in [2.05, 4.69) is 10.1 Å². The first-order valence-electron chi connectivity index (χ1n) is 6.94. The Labute approximate surface area is 133 Å². The number of hydrogen-bond acceptors (Lipinski definition) is 3. The Morgan fingerprint density at radius 1 is 1.17 bits per heavy atom. The highest BCUT2D eigenvalue weighted by atomic mass is 19.1. The number of methoxy groups -OCH3 is 1. The van der Waals surface area contributed by atoms with Crippen molar-refractivity contribution in [1.29, 1.82) is 0 Å². The third-order valence-electron chi connectivity index (χ3n) is 3.24. The number of halogens is 1. The molecular formula is C18H16FNO3. The van der Waals surface area contributed by atoms with Gasteiger partial charge in [0.2, 0.25) is 5.91 Å². The number of ether oxygens (including phenoxy) is 1. The Hall–Kier alpha value is -2.95. The van der Waals surface area contributed by atoms with Crippen LogP contribution in [0.5, 0.6) is 0 Å². The van der Waals surface area contributed by atoms with Crippen LogP contribution in [-0.4, -0.2) is 19.0 Å². The second kappa shape index (κ2) is 7.35. The van der Waals surface area contributed by atoms with Crippen molar-refractivity contribution in [3.63, 3.8) is 0 Å². The summed E-state index contributed by atoms with van der Waals surface area (Å²) in [5.74, 6) is -1.30. The first kappa shape index (κ1) is 16.4. The maximum atomic E-state index is 13.5. The lowest BCUT2D eigenvalue weighted by Gasteiger charge is -2.08. The average molecular weight is 313 g/mol. The lowest BCUT2D eigenvalue weighted by atomic mass is 10.1. The van der Waals surface area contributed by atoms with Crippen molar-refractivity contribution in [2.45, 2.75) is 6.92 Å². The molecule has 0 aliphatic carbocycles. The van der Waals surface area contributed by atoms with Crippen molar-refractivity contribution in [2.75, 3.05) is 12.4 Å². The Balaban J connectivity index is 2.14. The second-order valence-electron chi connectivity index (χ2n) is 4.87. The third-order valence-corrected chi connectivity index (χ3v) is 3.24. The van der Waals surface area contributed by atoms with Gasteiger partial charge in [-0.3, -0.25) is 4.79 Å². The number of nitrogens with one attached hydrogen (secondary N) is 1. The van der Waals surface area contributed by atoms with Crippen LogP contribution < -0.4 is 5.32 Å². The number of anilines is 1. The molecule has 0 bridgehead atoms. The number of carbonyl (C=O) groups excluding carboxylic acids is 2. The molecule has 0 atom stereocenters. The molecule has 0 unspecified atom stereocenters. The van der Waals surface area contributed by atoms with Gasteiger partial charge in [0.15, 0.2) is 0 Å². The molecule has 2 aromatic rings. The predicted octanol–water partition coefficient (Wildman–Crippen LogP) is 3.57. The van der Waals surface area contributed by atoms with Crippen molar-refractivity contribution in [3.8, 4) is 0 Å². The highest BCUT2D eigenvalue weighted by Gasteiger charge is 2.09. The van der Waals surface area contributed by atoms with Gasteiger partial charge in [-0.15, -0.1) is 0 Å². The van der Waals surface area contributed by atoms with Crippen LogP contribution in [0.3, 0.4) is 0 Å². The highest BCUT2D eigenvalue weighted by Crippen LogP contribution is 2.18. The average Bonchev–Trinajstić information content (AvgIpc) is 2.55. The van der Waals surface area contributed by atoms with Crippen LogP contribution in [0.15, 0.2) is 48.5 Å². The van der Waals surface area contributed by atoms with Crippen LogP contribution in [0.4, 0.5) is 10.1 Å². The zero-order valence-electron chi connectivity index (χ0n) is 12.8. The normalized spacial score (nSPS) is 10.6. The fourth-order valence-electron chi connectivity index (χ4n) is 1.95. The molecule has 0 spiro atoms. The van der Waals surface area contributed by atoms with Gasteiger partial charge >= 0.3 is 5.97 Å². The lowest BCUT2D eigenvalue weighted by Crippen LogP contribution is -2.10. The number of hydrogen-bond donors (Lipinski definition) is 1. The fourth-order valence-corrected chi connectivity index (χ4v) is 1.95. The largest absolute Gasteiger partial charge is 0.465 e. The predicted molar refractivity (Wildman–Crippen MR) is 86.6 cm³/mol. The lowest BCUT2D eigenvalue weighted by molar-refractivity contribution is -0.111. The van der Waals surface area contributed by atoms with Crippen molar-refractivity contribution in [2.24, 2.45) is 0 Å². The van der Waals surface area contributed by atoms with Gasteiger partial charge in [-0.1, -0.05) is 24.3 Å². The summed E-state index contributed by atoms with van der Waals surface area (Å²) in [5, 5.41) is 2.66. The van der Waals surface area contributed by atoms with Crippen LogP contribution in [-0.2, 0) is 9.53 Å². The minimum Gasteiger partial charge on any atom is -0.465 e. The number of rotatable bonds is 4. The molecule has 118 valence electrons. The highest BCUT2D eigenvalue weighted by molar-refractivity contribution is 6.03. The van der Waals surface area contributed by atoms with E-state index in [0.717, 1.165) is 5.56 Å². The SMILES string of the molecule is COC(=O)c1ccc(C)c(NC(=O)/C=C/c2ccccc2F)c1. The van der Waals surface area contributed by atoms with Crippen molar-refractivity contribution >= 4 is 23.6 Å². The van der Waals surface area contributed by atoms with E-state index >= 15 is 0 Å². The van der Waals surface area contributed by atoms with Crippen LogP contribution in [0.2, 0.25) is 0 Å². The minimum atomic E-state index is -0.484. The molecule has 0 aliphatic rings. The third kappa shape index (κ3) is 4.26. The topological polar surface area (TPSA) is 55.4 Å². The van der Waals surface area contributed by atoms with Gasteiger partial charge in [-0.25, -0.2) is 9.18 Å². The molecule has 0 heterocycles. The van der Waals surface area contributed by atoms with Crippen molar-refractivity contribution in [3.05, 3.63) is 71.0 Å². The van der Waals surface area contributed by atoms with E-state index in [1.54, 1.807) is 37.3 Å². The Morgan fingerprint density at radius 2 is 1.91 bits per heavy atom. The van der Waals surface area contributed by atoms with Gasteiger partial charge in [0.25, 0.3) is 0 Å². The van der Waals surface area contributed by atoms with Crippen LogP contribution in [0.1, 0.15) is 21.5 Å². The van der Waals surface area contributed by atoms with Gasteiger partial charge < -0.3 is 10.1 Å². The number of aryl methyl sites for hydroxylation is 1. The Bertz CT molecular complexity index is 769. The summed E-state index contributed by atoms with van der Waals surface area (Å²) in [4.78, 5) is 23.5. The van der Waals surface area contributed by atoms with E-state index in [-0.39, 0.29) is 0 Å². The summed E-state index contributed by atoms with van der Waals surface area (Å²) in [6.07, 6.45) is 2.63. The maximum absolute atomic E-state index is 13.5. The summed E-state index contributed by atoms with van der Waals surface area (Å²) in [6.45, 7) is 1.80. The number of benzene rings is 2. The van der Waals surface area contributed by atoms with Crippen molar-refractivity contribution < 1.29 is 18.7 Å². The molecule has 0 saturated heterocycles. The van der Waals surface area contributed by atoms with Gasteiger partial charge in [-0.05, 0) is 36.8 Å². The number of esters is 1. The van der Waals surface area contributed by atoms with Crippen LogP contribution in [0, 0.1) is 12.7 Å². The molecule has 0 radical (unpaired) electrons. The standard InChI is InChI=1S/C18H16FNO3/c1-12-7-8-14(18(22)23-2)11-16(12)20-17(21)10-9-13-5-3-4-6-15(13)19/h3-11H,1-2H3,(H,20,21)/b10-9+.